The molecule has 0 aliphatic carbocycles. The second-order valence-electron chi connectivity index (χ2n) is 8.29. The molecule has 7 heteroatoms. The molecule has 2 aromatic carbocycles. The average Bonchev–Trinajstić information content (AvgIpc) is 3.39. The third kappa shape index (κ3) is 4.97. The molecule has 4 aromatic rings. The van der Waals surface area contributed by atoms with Crippen molar-refractivity contribution in [2.24, 2.45) is 0 Å². The number of hydrogen-bond acceptors (Lipinski definition) is 4. The van der Waals surface area contributed by atoms with Crippen molar-refractivity contribution in [1.29, 1.82) is 0 Å². The van der Waals surface area contributed by atoms with Gasteiger partial charge >= 0.3 is 0 Å². The van der Waals surface area contributed by atoms with E-state index < -0.39 is 0 Å². The van der Waals surface area contributed by atoms with Gasteiger partial charge in [0.1, 0.15) is 17.0 Å². The largest absolute Gasteiger partial charge is 0.456 e. The Morgan fingerprint density at radius 3 is 2.70 bits per heavy atom. The molecule has 33 heavy (non-hydrogen) atoms. The van der Waals surface area contributed by atoms with Crippen LogP contribution < -0.4 is 10.6 Å². The van der Waals surface area contributed by atoms with Crippen LogP contribution in [-0.2, 0) is 6.54 Å². The summed E-state index contributed by atoms with van der Waals surface area (Å²) in [5.74, 6) is 0.669. The molecule has 6 nitrogen and oxygen atoms in total. The van der Waals surface area contributed by atoms with Gasteiger partial charge in [0, 0.05) is 33.3 Å². The van der Waals surface area contributed by atoms with E-state index in [0.29, 0.717) is 17.3 Å². The van der Waals surface area contributed by atoms with Crippen molar-refractivity contribution in [2.75, 3.05) is 13.1 Å². The van der Waals surface area contributed by atoms with E-state index in [1.165, 1.54) is 0 Å². The van der Waals surface area contributed by atoms with Gasteiger partial charge in [-0.15, -0.1) is 0 Å². The number of furan rings is 1. The van der Waals surface area contributed by atoms with E-state index in [0.717, 1.165) is 59.5 Å². The fourth-order valence-electron chi connectivity index (χ4n) is 4.22. The van der Waals surface area contributed by atoms with Crippen LogP contribution in [0.15, 0.2) is 59.0 Å². The van der Waals surface area contributed by atoms with Gasteiger partial charge < -0.3 is 15.1 Å². The third-order valence-electron chi connectivity index (χ3n) is 5.92. The molecule has 0 bridgehead atoms. The Morgan fingerprint density at radius 2 is 1.94 bits per heavy atom. The number of aryl methyl sites for hydroxylation is 1. The predicted molar refractivity (Wildman–Crippen MR) is 133 cm³/mol. The van der Waals surface area contributed by atoms with Crippen LogP contribution in [0.25, 0.3) is 22.3 Å². The van der Waals surface area contributed by atoms with Crippen LogP contribution in [0.1, 0.15) is 42.0 Å². The number of piperidine rings is 1. The minimum atomic E-state index is -0.126. The Kier molecular flexibility index (Phi) is 6.86. The molecule has 0 radical (unpaired) electrons. The van der Waals surface area contributed by atoms with Crippen molar-refractivity contribution in [3.63, 3.8) is 0 Å². The van der Waals surface area contributed by atoms with Gasteiger partial charge in [0.2, 0.25) is 0 Å². The van der Waals surface area contributed by atoms with Gasteiger partial charge in [-0.25, -0.2) is 0 Å². The van der Waals surface area contributed by atoms with E-state index >= 15 is 0 Å². The van der Waals surface area contributed by atoms with Crippen LogP contribution in [0.5, 0.6) is 0 Å². The lowest BCUT2D eigenvalue weighted by Crippen LogP contribution is -2.42. The normalized spacial score (nSPS) is 14.2. The zero-order valence-electron chi connectivity index (χ0n) is 17.9. The van der Waals surface area contributed by atoms with Gasteiger partial charge in [0.15, 0.2) is 0 Å². The molecule has 1 amide bonds. The molecular formula is C26H29ClN4O2. The lowest BCUT2D eigenvalue weighted by atomic mass is 10.1. The van der Waals surface area contributed by atoms with Crippen LogP contribution in [-0.4, -0.2) is 34.8 Å². The molecule has 5 rings (SSSR count). The quantitative estimate of drug-likeness (QED) is 0.413. The van der Waals surface area contributed by atoms with Crippen LogP contribution in [0, 0.1) is 6.92 Å². The lowest BCUT2D eigenvalue weighted by molar-refractivity contribution is 0.0923. The van der Waals surface area contributed by atoms with Crippen molar-refractivity contribution < 1.29 is 9.21 Å². The molecule has 2 N–H and O–H groups in total. The SMILES string of the molecule is C.Cc1cc(C(=O)NC2CCNCC2)nn1Cc1cc(Cl)cc2cc(-c3ccccc3)oc12. The Bertz CT molecular complexity index is 1260. The summed E-state index contributed by atoms with van der Waals surface area (Å²) < 4.78 is 8.05. The van der Waals surface area contributed by atoms with Gasteiger partial charge in [0.05, 0.1) is 6.54 Å². The molecule has 1 fully saturated rings. The first kappa shape index (κ1) is 23.1. The first-order chi connectivity index (χ1) is 15.6. The maximum atomic E-state index is 12.7. The number of benzene rings is 2. The lowest BCUT2D eigenvalue weighted by Gasteiger charge is -2.23. The van der Waals surface area contributed by atoms with E-state index in [1.807, 2.05) is 66.2 Å². The second-order valence-corrected chi connectivity index (χ2v) is 8.72. The smallest absolute Gasteiger partial charge is 0.272 e. The van der Waals surface area contributed by atoms with Crippen LogP contribution in [0.4, 0.5) is 0 Å². The number of carbonyl (C=O) groups excluding carboxylic acids is 1. The van der Waals surface area contributed by atoms with E-state index in [1.54, 1.807) is 0 Å². The highest BCUT2D eigenvalue weighted by Gasteiger charge is 2.20. The minimum absolute atomic E-state index is 0. The molecule has 0 unspecified atom stereocenters. The number of carbonyl (C=O) groups is 1. The van der Waals surface area contributed by atoms with Gasteiger partial charge in [0.25, 0.3) is 5.91 Å². The summed E-state index contributed by atoms with van der Waals surface area (Å²) in [6, 6.07) is 17.8. The summed E-state index contributed by atoms with van der Waals surface area (Å²) >= 11 is 6.41. The molecule has 2 aromatic heterocycles. The first-order valence-corrected chi connectivity index (χ1v) is 11.3. The Balaban J connectivity index is 0.00000259. The summed E-state index contributed by atoms with van der Waals surface area (Å²) in [6.07, 6.45) is 1.88. The number of nitrogens with one attached hydrogen (secondary N) is 2. The Labute approximate surface area is 198 Å². The highest BCUT2D eigenvalue weighted by molar-refractivity contribution is 6.31. The molecule has 3 heterocycles. The molecule has 0 saturated carbocycles. The topological polar surface area (TPSA) is 72.1 Å². The van der Waals surface area contributed by atoms with E-state index in [-0.39, 0.29) is 19.4 Å². The van der Waals surface area contributed by atoms with Gasteiger partial charge in [-0.05, 0) is 57.1 Å². The zero-order chi connectivity index (χ0) is 22.1. The maximum Gasteiger partial charge on any atom is 0.272 e. The number of amides is 1. The van der Waals surface area contributed by atoms with Gasteiger partial charge in [-0.1, -0.05) is 49.4 Å². The summed E-state index contributed by atoms with van der Waals surface area (Å²) in [5.41, 5.74) is 4.06. The molecule has 0 spiro atoms. The second kappa shape index (κ2) is 9.81. The summed E-state index contributed by atoms with van der Waals surface area (Å²) in [4.78, 5) is 12.7. The van der Waals surface area contributed by atoms with Crippen LogP contribution >= 0.6 is 11.6 Å². The fraction of sp³-hybridized carbons (Fsp3) is 0.308. The molecule has 1 aliphatic rings. The highest BCUT2D eigenvalue weighted by atomic mass is 35.5. The summed E-state index contributed by atoms with van der Waals surface area (Å²) in [6.45, 7) is 4.27. The molecule has 1 aliphatic heterocycles. The van der Waals surface area contributed by atoms with E-state index in [4.69, 9.17) is 16.0 Å². The van der Waals surface area contributed by atoms with E-state index in [9.17, 15) is 4.79 Å². The number of aromatic nitrogens is 2. The van der Waals surface area contributed by atoms with Crippen molar-refractivity contribution in [3.8, 4) is 11.3 Å². The standard InChI is InChI=1S/C25H25ClN4O2.CH4/c1-16-11-22(25(31)28-21-7-9-27-10-8-21)29-30(16)15-19-13-20(26)12-18-14-23(32-24(18)19)17-5-3-2-4-6-17;/h2-6,11-14,21,27H,7-10,15H2,1H3,(H,28,31);1H4. The van der Waals surface area contributed by atoms with Crippen molar-refractivity contribution in [3.05, 3.63) is 76.6 Å². The average molecular weight is 465 g/mol. The van der Waals surface area contributed by atoms with E-state index in [2.05, 4.69) is 15.7 Å². The number of nitrogens with zero attached hydrogens (tertiary/aromatic N) is 2. The van der Waals surface area contributed by atoms with Crippen molar-refractivity contribution in [1.82, 2.24) is 20.4 Å². The van der Waals surface area contributed by atoms with Gasteiger partial charge in [-0.2, -0.15) is 5.10 Å². The predicted octanol–water partition coefficient (Wildman–Crippen LogP) is 5.42. The van der Waals surface area contributed by atoms with Crippen molar-refractivity contribution in [2.45, 2.75) is 39.8 Å². The first-order valence-electron chi connectivity index (χ1n) is 10.9. The molecular weight excluding hydrogens is 436 g/mol. The zero-order valence-corrected chi connectivity index (χ0v) is 18.7. The number of fused-ring (bicyclic) bond motifs is 1. The van der Waals surface area contributed by atoms with Crippen LogP contribution in [0.3, 0.4) is 0 Å². The fourth-order valence-corrected chi connectivity index (χ4v) is 4.46. The monoisotopic (exact) mass is 464 g/mol. The maximum absolute atomic E-state index is 12.7. The third-order valence-corrected chi connectivity index (χ3v) is 6.14. The van der Waals surface area contributed by atoms with Crippen LogP contribution in [0.2, 0.25) is 5.02 Å². The Hall–Kier alpha value is -3.09. The van der Waals surface area contributed by atoms with Crippen molar-refractivity contribution >= 4 is 28.5 Å². The number of hydrogen-bond donors (Lipinski definition) is 2. The Morgan fingerprint density at radius 1 is 1.18 bits per heavy atom. The molecule has 172 valence electrons. The molecule has 1 saturated heterocycles. The molecule has 0 atom stereocenters. The highest BCUT2D eigenvalue weighted by Crippen LogP contribution is 2.32. The minimum Gasteiger partial charge on any atom is -0.456 e. The number of halogens is 1. The summed E-state index contributed by atoms with van der Waals surface area (Å²) in [7, 11) is 0. The summed E-state index contributed by atoms with van der Waals surface area (Å²) in [5, 5.41) is 12.6. The number of rotatable bonds is 5. The van der Waals surface area contributed by atoms with Gasteiger partial charge in [-0.3, -0.25) is 9.48 Å².